The van der Waals surface area contributed by atoms with Crippen LogP contribution in [0.2, 0.25) is 0 Å². The minimum Gasteiger partial charge on any atom is -0.310 e. The summed E-state index contributed by atoms with van der Waals surface area (Å²) < 4.78 is 0. The largest absolute Gasteiger partial charge is 0.310 e. The van der Waals surface area contributed by atoms with Gasteiger partial charge in [-0.05, 0) is 148 Å². The molecule has 3 saturated carbocycles. The molecule has 1 heteroatoms. The van der Waals surface area contributed by atoms with Crippen LogP contribution in [0.25, 0.3) is 33.4 Å². The van der Waals surface area contributed by atoms with Crippen LogP contribution in [0.15, 0.2) is 140 Å². The van der Waals surface area contributed by atoms with E-state index in [4.69, 9.17) is 0 Å². The monoisotopic (exact) mass is 689 g/mol. The number of rotatable bonds is 7. The normalized spacial score (nSPS) is 21.4. The number of nitrogens with zero attached hydrogens (tertiary/aromatic N) is 1. The number of hydrogen-bond donors (Lipinski definition) is 0. The summed E-state index contributed by atoms with van der Waals surface area (Å²) in [4.78, 5) is 2.51. The van der Waals surface area contributed by atoms with Crippen molar-refractivity contribution in [2.24, 2.45) is 11.8 Å². The molecule has 53 heavy (non-hydrogen) atoms. The smallest absolute Gasteiger partial charge is 0.0465 e. The first-order valence-electron chi connectivity index (χ1n) is 20.5. The standard InChI is InChI=1S/C52H51N/c1-52(2)49-19-11-18-46(45-17-10-9-16-44(45)38-14-7-4-8-15-38)51(49)47-31-30-43(34-50(47)52)53(41-26-22-37(23-27-41)36-12-5-3-6-13-36)42-28-24-39(25-29-42)48-33-35-20-21-40(48)32-35/h4,7-11,14-19,22-31,34-36,40,48H,3,5-6,12-13,20-21,32-33H2,1-2H3. The zero-order chi connectivity index (χ0) is 35.5. The summed E-state index contributed by atoms with van der Waals surface area (Å²) in [6, 6.07) is 53.4. The van der Waals surface area contributed by atoms with Gasteiger partial charge in [-0.25, -0.2) is 0 Å². The Labute approximate surface area is 316 Å². The van der Waals surface area contributed by atoms with Crippen molar-refractivity contribution < 1.29 is 0 Å². The molecule has 3 atom stereocenters. The molecular formula is C52H51N. The predicted molar refractivity (Wildman–Crippen MR) is 224 cm³/mol. The second-order valence-electron chi connectivity index (χ2n) is 17.1. The fourth-order valence-corrected chi connectivity index (χ4v) is 11.0. The first-order valence-corrected chi connectivity index (χ1v) is 20.5. The van der Waals surface area contributed by atoms with E-state index in [1.54, 1.807) is 5.56 Å². The van der Waals surface area contributed by atoms with Crippen LogP contribution in [0.4, 0.5) is 17.1 Å². The highest BCUT2D eigenvalue weighted by Gasteiger charge is 2.40. The van der Waals surface area contributed by atoms with Gasteiger partial charge in [0.15, 0.2) is 0 Å². The summed E-state index contributed by atoms with van der Waals surface area (Å²) in [5.74, 6) is 3.29. The van der Waals surface area contributed by atoms with Crippen molar-refractivity contribution in [3.8, 4) is 33.4 Å². The zero-order valence-electron chi connectivity index (χ0n) is 31.4. The molecule has 0 spiro atoms. The second kappa shape index (κ2) is 13.2. The molecule has 3 unspecified atom stereocenters. The van der Waals surface area contributed by atoms with E-state index in [0.29, 0.717) is 5.92 Å². The summed E-state index contributed by atoms with van der Waals surface area (Å²) in [5.41, 5.74) is 17.3. The Morgan fingerprint density at radius 3 is 1.85 bits per heavy atom. The lowest BCUT2D eigenvalue weighted by molar-refractivity contribution is 0.420. The minimum atomic E-state index is -0.138. The Balaban J connectivity index is 1.07. The minimum absolute atomic E-state index is 0.138. The summed E-state index contributed by atoms with van der Waals surface area (Å²) in [7, 11) is 0. The fraction of sp³-hybridized carbons (Fsp3) is 0.308. The highest BCUT2D eigenvalue weighted by atomic mass is 15.1. The third-order valence-corrected chi connectivity index (χ3v) is 13.8. The van der Waals surface area contributed by atoms with E-state index in [-0.39, 0.29) is 5.41 Å². The lowest BCUT2D eigenvalue weighted by atomic mass is 9.81. The number of hydrogen-bond acceptors (Lipinski definition) is 1. The van der Waals surface area contributed by atoms with Gasteiger partial charge in [-0.1, -0.05) is 143 Å². The van der Waals surface area contributed by atoms with Crippen molar-refractivity contribution in [1.29, 1.82) is 0 Å². The van der Waals surface area contributed by atoms with Crippen LogP contribution in [0, 0.1) is 11.8 Å². The SMILES string of the molecule is CC1(C)c2cc(N(c3ccc(C4CCCCC4)cc3)c3ccc(C4CC5CCC4C5)cc3)ccc2-c2c(-c3ccccc3-c3ccccc3)cccc21. The van der Waals surface area contributed by atoms with Gasteiger partial charge < -0.3 is 4.90 Å². The molecule has 3 fully saturated rings. The van der Waals surface area contributed by atoms with Crippen molar-refractivity contribution >= 4 is 17.1 Å². The molecule has 0 radical (unpaired) electrons. The molecule has 0 aromatic heterocycles. The Hall–Kier alpha value is -4.88. The van der Waals surface area contributed by atoms with E-state index in [1.807, 2.05) is 0 Å². The van der Waals surface area contributed by atoms with Crippen LogP contribution < -0.4 is 4.90 Å². The molecule has 0 saturated heterocycles. The van der Waals surface area contributed by atoms with Gasteiger partial charge >= 0.3 is 0 Å². The van der Waals surface area contributed by atoms with E-state index in [1.165, 1.54) is 125 Å². The fourth-order valence-electron chi connectivity index (χ4n) is 11.0. The van der Waals surface area contributed by atoms with E-state index >= 15 is 0 Å². The molecule has 264 valence electrons. The Morgan fingerprint density at radius 1 is 0.491 bits per heavy atom. The average molecular weight is 690 g/mol. The van der Waals surface area contributed by atoms with Gasteiger partial charge in [0, 0.05) is 22.5 Å². The molecule has 6 aromatic rings. The topological polar surface area (TPSA) is 3.24 Å². The van der Waals surface area contributed by atoms with Crippen LogP contribution in [-0.2, 0) is 5.41 Å². The lowest BCUT2D eigenvalue weighted by Gasteiger charge is -2.29. The molecule has 0 amide bonds. The van der Waals surface area contributed by atoms with Crippen LogP contribution in [-0.4, -0.2) is 0 Å². The van der Waals surface area contributed by atoms with E-state index in [9.17, 15) is 0 Å². The van der Waals surface area contributed by atoms with Crippen molar-refractivity contribution in [3.05, 3.63) is 162 Å². The van der Waals surface area contributed by atoms with Crippen LogP contribution in [0.1, 0.15) is 106 Å². The molecule has 2 bridgehead atoms. The number of fused-ring (bicyclic) bond motifs is 5. The number of benzene rings is 6. The van der Waals surface area contributed by atoms with E-state index < -0.39 is 0 Å². The highest BCUT2D eigenvalue weighted by Crippen LogP contribution is 2.55. The summed E-state index contributed by atoms with van der Waals surface area (Å²) in [6.07, 6.45) is 12.5. The molecule has 1 nitrogen and oxygen atoms in total. The zero-order valence-corrected chi connectivity index (χ0v) is 31.4. The molecule has 0 N–H and O–H groups in total. The first-order chi connectivity index (χ1) is 26.0. The van der Waals surface area contributed by atoms with Gasteiger partial charge in [-0.2, -0.15) is 0 Å². The van der Waals surface area contributed by atoms with Gasteiger partial charge in [0.1, 0.15) is 0 Å². The van der Waals surface area contributed by atoms with Crippen molar-refractivity contribution in [2.75, 3.05) is 4.90 Å². The lowest BCUT2D eigenvalue weighted by Crippen LogP contribution is -2.17. The van der Waals surface area contributed by atoms with Crippen LogP contribution in [0.5, 0.6) is 0 Å². The molecule has 0 aliphatic heterocycles. The van der Waals surface area contributed by atoms with Crippen molar-refractivity contribution in [2.45, 2.75) is 88.9 Å². The molecular weight excluding hydrogens is 639 g/mol. The Morgan fingerprint density at radius 2 is 1.15 bits per heavy atom. The van der Waals surface area contributed by atoms with E-state index in [0.717, 1.165) is 17.8 Å². The van der Waals surface area contributed by atoms with Crippen LogP contribution in [0.3, 0.4) is 0 Å². The van der Waals surface area contributed by atoms with Crippen LogP contribution >= 0.6 is 0 Å². The third-order valence-electron chi connectivity index (χ3n) is 13.8. The quantitative estimate of drug-likeness (QED) is 0.161. The van der Waals surface area contributed by atoms with Gasteiger partial charge in [-0.15, -0.1) is 0 Å². The van der Waals surface area contributed by atoms with Gasteiger partial charge in [0.25, 0.3) is 0 Å². The highest BCUT2D eigenvalue weighted by molar-refractivity contribution is 5.97. The maximum absolute atomic E-state index is 2.51. The average Bonchev–Trinajstić information content (AvgIpc) is 3.92. The number of anilines is 3. The molecule has 6 aromatic carbocycles. The molecule has 4 aliphatic carbocycles. The third kappa shape index (κ3) is 5.67. The predicted octanol–water partition coefficient (Wildman–Crippen LogP) is 14.7. The Kier molecular flexibility index (Phi) is 8.16. The van der Waals surface area contributed by atoms with Gasteiger partial charge in [-0.3, -0.25) is 0 Å². The first kappa shape index (κ1) is 32.7. The molecule has 4 aliphatic rings. The maximum atomic E-state index is 2.51. The van der Waals surface area contributed by atoms with Crippen molar-refractivity contribution in [1.82, 2.24) is 0 Å². The molecule has 10 rings (SSSR count). The summed E-state index contributed by atoms with van der Waals surface area (Å²) in [5, 5.41) is 0. The summed E-state index contributed by atoms with van der Waals surface area (Å²) in [6.45, 7) is 4.84. The van der Waals surface area contributed by atoms with Crippen molar-refractivity contribution in [3.63, 3.8) is 0 Å². The Bertz CT molecular complexity index is 2250. The molecule has 0 heterocycles. The van der Waals surface area contributed by atoms with Gasteiger partial charge in [0.05, 0.1) is 0 Å². The van der Waals surface area contributed by atoms with Gasteiger partial charge in [0.2, 0.25) is 0 Å². The summed E-state index contributed by atoms with van der Waals surface area (Å²) >= 11 is 0. The van der Waals surface area contributed by atoms with E-state index in [2.05, 4.69) is 158 Å². The maximum Gasteiger partial charge on any atom is 0.0465 e. The second-order valence-corrected chi connectivity index (χ2v) is 17.1.